The molecule has 0 aromatic carbocycles. The Kier molecular flexibility index (Phi) is 0.784. The Morgan fingerprint density at radius 2 is 1.70 bits per heavy atom. The maximum absolute atomic E-state index is 2.43. The summed E-state index contributed by atoms with van der Waals surface area (Å²) in [7, 11) is 2.39. The van der Waals surface area contributed by atoms with E-state index in [1.807, 2.05) is 0 Å². The lowest BCUT2D eigenvalue weighted by Crippen LogP contribution is -2.38. The van der Waals surface area contributed by atoms with Crippen molar-refractivity contribution in [1.29, 1.82) is 0 Å². The van der Waals surface area contributed by atoms with E-state index in [1.54, 1.807) is 0 Å². The Hall–Kier alpha value is -0.0400. The van der Waals surface area contributed by atoms with Gasteiger partial charge in [0.05, 0.1) is 7.05 Å². The molecule has 0 aliphatic carbocycles. The van der Waals surface area contributed by atoms with Gasteiger partial charge in [-0.3, -0.25) is 4.48 Å². The van der Waals surface area contributed by atoms with E-state index in [-0.39, 0.29) is 0 Å². The first-order chi connectivity index (χ1) is 4.40. The van der Waals surface area contributed by atoms with Gasteiger partial charge in [0.15, 0.2) is 5.54 Å². The Balaban J connectivity index is 2.26. The third kappa shape index (κ3) is 0.315. The van der Waals surface area contributed by atoms with Crippen LogP contribution in [0.5, 0.6) is 0 Å². The minimum absolute atomic E-state index is 0.618. The number of hydrogen-bond donors (Lipinski definition) is 0. The van der Waals surface area contributed by atoms with Crippen LogP contribution in [-0.4, -0.2) is 29.2 Å². The molecular weight excluding hydrogens is 122 g/mol. The molecule has 3 atom stereocenters. The molecule has 0 aromatic rings. The second kappa shape index (κ2) is 1.18. The van der Waals surface area contributed by atoms with E-state index in [0.29, 0.717) is 11.1 Å². The summed E-state index contributed by atoms with van der Waals surface area (Å²) < 4.78 is 1.34. The number of likely N-dealkylation sites (N-methyl/N-ethyl adjacent to an activating group) is 1. The average molecular weight is 140 g/mol. The molecule has 10 heavy (non-hydrogen) atoms. The van der Waals surface area contributed by atoms with Crippen molar-refractivity contribution in [1.82, 2.24) is 0 Å². The van der Waals surface area contributed by atoms with Gasteiger partial charge in [-0.1, -0.05) is 13.8 Å². The first kappa shape index (κ1) is 6.66. The van der Waals surface area contributed by atoms with Crippen LogP contribution in [0, 0.1) is 5.92 Å². The molecule has 3 unspecified atom stereocenters. The van der Waals surface area contributed by atoms with E-state index < -0.39 is 0 Å². The van der Waals surface area contributed by atoms with E-state index in [4.69, 9.17) is 0 Å². The Bertz CT molecular complexity index is 183. The zero-order chi connectivity index (χ0) is 7.78. The van der Waals surface area contributed by atoms with E-state index in [9.17, 15) is 0 Å². The second-order valence-electron chi connectivity index (χ2n) is 4.93. The van der Waals surface area contributed by atoms with Gasteiger partial charge in [0.1, 0.15) is 6.54 Å². The van der Waals surface area contributed by atoms with Crippen LogP contribution in [0.1, 0.15) is 27.7 Å². The van der Waals surface area contributed by atoms with Crippen molar-refractivity contribution in [2.24, 2.45) is 5.92 Å². The molecule has 1 nitrogen and oxygen atoms in total. The van der Waals surface area contributed by atoms with Crippen molar-refractivity contribution < 1.29 is 4.48 Å². The minimum atomic E-state index is 0.618. The first-order valence-corrected chi connectivity index (χ1v) is 4.26. The van der Waals surface area contributed by atoms with Crippen LogP contribution in [0.4, 0.5) is 0 Å². The monoisotopic (exact) mass is 140 g/mol. The van der Waals surface area contributed by atoms with Crippen molar-refractivity contribution >= 4 is 0 Å². The molecule has 58 valence electrons. The number of nitrogens with zero attached hydrogens (tertiary/aromatic N) is 1. The van der Waals surface area contributed by atoms with Crippen molar-refractivity contribution in [2.75, 3.05) is 13.6 Å². The molecular formula is C9H18N+. The number of quaternary nitrogens is 1. The van der Waals surface area contributed by atoms with Crippen LogP contribution >= 0.6 is 0 Å². The van der Waals surface area contributed by atoms with Gasteiger partial charge < -0.3 is 0 Å². The fourth-order valence-corrected chi connectivity index (χ4v) is 3.20. The number of fused-ring (bicyclic) bond motifs is 1. The van der Waals surface area contributed by atoms with Gasteiger partial charge in [-0.2, -0.15) is 0 Å². The lowest BCUT2D eigenvalue weighted by molar-refractivity contribution is -0.726. The zero-order valence-electron chi connectivity index (χ0n) is 7.73. The predicted octanol–water partition coefficient (Wildman–Crippen LogP) is 1.63. The molecule has 1 heteroatoms. The number of rotatable bonds is 1. The smallest absolute Gasteiger partial charge is 0.201 e. The summed E-state index contributed by atoms with van der Waals surface area (Å²) in [5.41, 5.74) is 1.29. The van der Waals surface area contributed by atoms with Crippen LogP contribution in [0.3, 0.4) is 0 Å². The van der Waals surface area contributed by atoms with Crippen molar-refractivity contribution in [3.05, 3.63) is 0 Å². The first-order valence-electron chi connectivity index (χ1n) is 4.26. The van der Waals surface area contributed by atoms with Crippen LogP contribution < -0.4 is 0 Å². The van der Waals surface area contributed by atoms with Crippen LogP contribution in [-0.2, 0) is 0 Å². The van der Waals surface area contributed by atoms with Crippen LogP contribution in [0.15, 0.2) is 0 Å². The van der Waals surface area contributed by atoms with Gasteiger partial charge in [-0.05, 0) is 6.92 Å². The highest BCUT2D eigenvalue weighted by Crippen LogP contribution is 2.75. The molecule has 0 radical (unpaired) electrons. The maximum atomic E-state index is 2.43. The summed E-state index contributed by atoms with van der Waals surface area (Å²) in [6.07, 6.45) is 0. The van der Waals surface area contributed by atoms with Gasteiger partial charge >= 0.3 is 0 Å². The molecule has 0 amide bonds. The van der Waals surface area contributed by atoms with Gasteiger partial charge in [0.2, 0.25) is 5.54 Å². The van der Waals surface area contributed by atoms with Gasteiger partial charge in [0, 0.05) is 12.8 Å². The predicted molar refractivity (Wildman–Crippen MR) is 42.7 cm³/mol. The summed E-state index contributed by atoms with van der Waals surface area (Å²) in [5, 5.41) is 0. The highest BCUT2D eigenvalue weighted by atomic mass is 15.7. The summed E-state index contributed by atoms with van der Waals surface area (Å²) >= 11 is 0. The normalized spacial score (nSPS) is 64.2. The second-order valence-corrected chi connectivity index (χ2v) is 4.93. The maximum Gasteiger partial charge on any atom is 0.201 e. The topological polar surface area (TPSA) is 0 Å². The molecule has 0 saturated carbocycles. The Labute approximate surface area is 63.6 Å². The fourth-order valence-electron chi connectivity index (χ4n) is 3.20. The fraction of sp³-hybridized carbons (Fsp3) is 1.00. The van der Waals surface area contributed by atoms with E-state index in [0.717, 1.165) is 5.92 Å². The summed E-state index contributed by atoms with van der Waals surface area (Å²) in [5.74, 6) is 0.844. The molecule has 0 bridgehead atoms. The van der Waals surface area contributed by atoms with Gasteiger partial charge in [-0.15, -0.1) is 0 Å². The minimum Gasteiger partial charge on any atom is -0.296 e. The molecule has 2 rings (SSSR count). The lowest BCUT2D eigenvalue weighted by atomic mass is 9.84. The van der Waals surface area contributed by atoms with Crippen molar-refractivity contribution in [3.8, 4) is 0 Å². The molecule has 0 aromatic heterocycles. The zero-order valence-corrected chi connectivity index (χ0v) is 7.73. The van der Waals surface area contributed by atoms with Gasteiger partial charge in [-0.25, -0.2) is 0 Å². The van der Waals surface area contributed by atoms with Crippen molar-refractivity contribution in [3.63, 3.8) is 0 Å². The molecule has 2 aliphatic rings. The summed E-state index contributed by atoms with van der Waals surface area (Å²) in [6, 6.07) is 0. The standard InChI is InChI=1S/C9H18N/c1-7(2)9(4)8(3)6-10(8,9)5/h7H,6H2,1-5H3/q+1. The van der Waals surface area contributed by atoms with Crippen LogP contribution in [0.25, 0.3) is 0 Å². The lowest BCUT2D eigenvalue weighted by Gasteiger charge is -2.20. The summed E-state index contributed by atoms with van der Waals surface area (Å²) in [6.45, 7) is 11.0. The Morgan fingerprint density at radius 1 is 1.30 bits per heavy atom. The quantitative estimate of drug-likeness (QED) is 0.383. The third-order valence-electron chi connectivity index (χ3n) is 4.80. The third-order valence-corrected chi connectivity index (χ3v) is 4.80. The highest BCUT2D eigenvalue weighted by Gasteiger charge is 2.99. The molecule has 2 heterocycles. The van der Waals surface area contributed by atoms with Crippen molar-refractivity contribution in [2.45, 2.75) is 38.8 Å². The molecule has 0 spiro atoms. The van der Waals surface area contributed by atoms with E-state index >= 15 is 0 Å². The molecule has 2 aliphatic heterocycles. The number of hydrogen-bond acceptors (Lipinski definition) is 0. The largest absolute Gasteiger partial charge is 0.296 e. The highest BCUT2D eigenvalue weighted by molar-refractivity contribution is 5.24. The molecule has 2 fully saturated rings. The summed E-state index contributed by atoms with van der Waals surface area (Å²) in [4.78, 5) is 0. The Morgan fingerprint density at radius 3 is 1.70 bits per heavy atom. The van der Waals surface area contributed by atoms with E-state index in [2.05, 4.69) is 34.7 Å². The average Bonchev–Trinajstić information content (AvgIpc) is 2.48. The van der Waals surface area contributed by atoms with E-state index in [1.165, 1.54) is 11.0 Å². The molecule has 2 saturated heterocycles. The van der Waals surface area contributed by atoms with Gasteiger partial charge in [0.25, 0.3) is 0 Å². The molecule has 0 N–H and O–H groups in total. The van der Waals surface area contributed by atoms with Crippen LogP contribution in [0.2, 0.25) is 0 Å². The SMILES string of the molecule is CC(C)C1(C)C2(C)C[N+]21C.